The van der Waals surface area contributed by atoms with Crippen molar-refractivity contribution in [1.29, 1.82) is 0 Å². The molecule has 0 aromatic carbocycles. The molecular weight excluding hydrogens is 172 g/mol. The van der Waals surface area contributed by atoms with Gasteiger partial charge in [0.15, 0.2) is 0 Å². The zero-order valence-electron chi connectivity index (χ0n) is 8.36. The van der Waals surface area contributed by atoms with Crippen molar-refractivity contribution in [3.8, 4) is 11.3 Å². The van der Waals surface area contributed by atoms with Crippen LogP contribution in [-0.2, 0) is 0 Å². The van der Waals surface area contributed by atoms with Crippen molar-refractivity contribution in [1.82, 2.24) is 9.97 Å². The predicted molar refractivity (Wildman–Crippen MR) is 56.9 cm³/mol. The molecule has 0 unspecified atom stereocenters. The Morgan fingerprint density at radius 3 is 2.36 bits per heavy atom. The molecule has 2 aromatic rings. The van der Waals surface area contributed by atoms with Gasteiger partial charge in [0.2, 0.25) is 0 Å². The maximum Gasteiger partial charge on any atom is 0.0708 e. The lowest BCUT2D eigenvalue weighted by molar-refractivity contribution is 1.18. The van der Waals surface area contributed by atoms with E-state index in [4.69, 9.17) is 0 Å². The summed E-state index contributed by atoms with van der Waals surface area (Å²) in [7, 11) is 0. The molecule has 0 saturated carbocycles. The van der Waals surface area contributed by atoms with Gasteiger partial charge in [-0.2, -0.15) is 0 Å². The van der Waals surface area contributed by atoms with Crippen molar-refractivity contribution in [2.45, 2.75) is 13.8 Å². The van der Waals surface area contributed by atoms with Crippen molar-refractivity contribution < 1.29 is 0 Å². The van der Waals surface area contributed by atoms with Gasteiger partial charge in [-0.1, -0.05) is 0 Å². The van der Waals surface area contributed by atoms with E-state index in [1.165, 1.54) is 5.56 Å². The fourth-order valence-corrected chi connectivity index (χ4v) is 1.51. The van der Waals surface area contributed by atoms with E-state index in [2.05, 4.69) is 29.0 Å². The van der Waals surface area contributed by atoms with Gasteiger partial charge < -0.3 is 0 Å². The molecule has 2 heterocycles. The summed E-state index contributed by atoms with van der Waals surface area (Å²) in [4.78, 5) is 8.46. The van der Waals surface area contributed by atoms with Crippen LogP contribution in [0.5, 0.6) is 0 Å². The topological polar surface area (TPSA) is 25.8 Å². The lowest BCUT2D eigenvalue weighted by atomic mass is 10.1. The van der Waals surface area contributed by atoms with Crippen LogP contribution in [-0.4, -0.2) is 9.97 Å². The van der Waals surface area contributed by atoms with Crippen LogP contribution >= 0.6 is 0 Å². The summed E-state index contributed by atoms with van der Waals surface area (Å²) in [6.07, 6.45) is 3.57. The van der Waals surface area contributed by atoms with E-state index < -0.39 is 0 Å². The molecule has 0 bridgehead atoms. The highest BCUT2D eigenvalue weighted by Crippen LogP contribution is 2.17. The quantitative estimate of drug-likeness (QED) is 0.681. The minimum atomic E-state index is 1.02. The van der Waals surface area contributed by atoms with Gasteiger partial charge in [-0.05, 0) is 43.7 Å². The number of hydrogen-bond acceptors (Lipinski definition) is 2. The maximum absolute atomic E-state index is 4.48. The SMILES string of the molecule is Cc1cc(C)nc(-c2ccncc2)c1. The van der Waals surface area contributed by atoms with E-state index in [0.29, 0.717) is 0 Å². The van der Waals surface area contributed by atoms with Crippen LogP contribution < -0.4 is 0 Å². The standard InChI is InChI=1S/C12H12N2/c1-9-7-10(2)14-12(8-9)11-3-5-13-6-4-11/h3-8H,1-2H3. The number of aryl methyl sites for hydroxylation is 2. The molecule has 70 valence electrons. The van der Waals surface area contributed by atoms with Crippen LogP contribution in [0.1, 0.15) is 11.3 Å². The normalized spacial score (nSPS) is 10.1. The van der Waals surface area contributed by atoms with E-state index in [-0.39, 0.29) is 0 Å². The van der Waals surface area contributed by atoms with Crippen LogP contribution in [0, 0.1) is 13.8 Å². The van der Waals surface area contributed by atoms with E-state index in [9.17, 15) is 0 Å². The third kappa shape index (κ3) is 1.79. The second kappa shape index (κ2) is 3.58. The molecule has 0 radical (unpaired) electrons. The first-order valence-electron chi connectivity index (χ1n) is 4.61. The Bertz CT molecular complexity index is 415. The van der Waals surface area contributed by atoms with Gasteiger partial charge in [0.05, 0.1) is 5.69 Å². The molecule has 0 aliphatic carbocycles. The largest absolute Gasteiger partial charge is 0.265 e. The van der Waals surface area contributed by atoms with Gasteiger partial charge in [0.1, 0.15) is 0 Å². The van der Waals surface area contributed by atoms with Gasteiger partial charge in [-0.3, -0.25) is 9.97 Å². The van der Waals surface area contributed by atoms with Crippen molar-refractivity contribution in [2.24, 2.45) is 0 Å². The number of aromatic nitrogens is 2. The van der Waals surface area contributed by atoms with Gasteiger partial charge in [0.25, 0.3) is 0 Å². The fraction of sp³-hybridized carbons (Fsp3) is 0.167. The molecular formula is C12H12N2. The van der Waals surface area contributed by atoms with Crippen molar-refractivity contribution >= 4 is 0 Å². The highest BCUT2D eigenvalue weighted by Gasteiger charge is 1.99. The predicted octanol–water partition coefficient (Wildman–Crippen LogP) is 2.76. The second-order valence-electron chi connectivity index (χ2n) is 3.41. The average Bonchev–Trinajstić information content (AvgIpc) is 2.18. The summed E-state index contributed by atoms with van der Waals surface area (Å²) in [5.74, 6) is 0. The van der Waals surface area contributed by atoms with E-state index in [0.717, 1.165) is 17.0 Å². The molecule has 0 atom stereocenters. The summed E-state index contributed by atoms with van der Waals surface area (Å²) >= 11 is 0. The molecule has 0 aliphatic heterocycles. The first-order valence-corrected chi connectivity index (χ1v) is 4.61. The summed E-state index contributed by atoms with van der Waals surface area (Å²) in [5, 5.41) is 0. The van der Waals surface area contributed by atoms with Crippen LogP contribution in [0.25, 0.3) is 11.3 Å². The molecule has 0 saturated heterocycles. The fourth-order valence-electron chi connectivity index (χ4n) is 1.51. The summed E-state index contributed by atoms with van der Waals surface area (Å²) in [6, 6.07) is 8.11. The number of nitrogens with zero attached hydrogens (tertiary/aromatic N) is 2. The van der Waals surface area contributed by atoms with Gasteiger partial charge in [-0.25, -0.2) is 0 Å². The number of rotatable bonds is 1. The Morgan fingerprint density at radius 2 is 1.71 bits per heavy atom. The van der Waals surface area contributed by atoms with Crippen molar-refractivity contribution in [3.63, 3.8) is 0 Å². The van der Waals surface area contributed by atoms with Crippen LogP contribution in [0.2, 0.25) is 0 Å². The van der Waals surface area contributed by atoms with Crippen LogP contribution in [0.4, 0.5) is 0 Å². The zero-order chi connectivity index (χ0) is 9.97. The molecule has 0 spiro atoms. The molecule has 0 fully saturated rings. The smallest absolute Gasteiger partial charge is 0.0708 e. The number of pyridine rings is 2. The summed E-state index contributed by atoms with van der Waals surface area (Å²) in [6.45, 7) is 4.09. The first-order chi connectivity index (χ1) is 6.75. The Balaban J connectivity index is 2.52. The summed E-state index contributed by atoms with van der Waals surface area (Å²) < 4.78 is 0. The molecule has 0 N–H and O–H groups in total. The molecule has 2 nitrogen and oxygen atoms in total. The first kappa shape index (κ1) is 8.88. The Morgan fingerprint density at radius 1 is 1.00 bits per heavy atom. The Labute approximate surface area is 83.7 Å². The van der Waals surface area contributed by atoms with E-state index in [1.54, 1.807) is 12.4 Å². The molecule has 0 amide bonds. The molecule has 2 aromatic heterocycles. The molecule has 2 rings (SSSR count). The lowest BCUT2D eigenvalue weighted by Crippen LogP contribution is -1.88. The highest BCUT2D eigenvalue weighted by molar-refractivity contribution is 5.59. The molecule has 2 heteroatoms. The summed E-state index contributed by atoms with van der Waals surface area (Å²) in [5.41, 5.74) is 4.43. The minimum absolute atomic E-state index is 1.02. The van der Waals surface area contributed by atoms with Gasteiger partial charge in [0, 0.05) is 23.7 Å². The second-order valence-corrected chi connectivity index (χ2v) is 3.41. The minimum Gasteiger partial charge on any atom is -0.265 e. The Kier molecular flexibility index (Phi) is 2.27. The zero-order valence-corrected chi connectivity index (χ0v) is 8.36. The third-order valence-electron chi connectivity index (χ3n) is 2.07. The van der Waals surface area contributed by atoms with Crippen LogP contribution in [0.3, 0.4) is 0 Å². The average molecular weight is 184 g/mol. The maximum atomic E-state index is 4.48. The number of hydrogen-bond donors (Lipinski definition) is 0. The van der Waals surface area contributed by atoms with Crippen LogP contribution in [0.15, 0.2) is 36.7 Å². The van der Waals surface area contributed by atoms with Gasteiger partial charge >= 0.3 is 0 Å². The Hall–Kier alpha value is -1.70. The molecule has 0 aliphatic rings. The van der Waals surface area contributed by atoms with Gasteiger partial charge in [-0.15, -0.1) is 0 Å². The third-order valence-corrected chi connectivity index (χ3v) is 2.07. The monoisotopic (exact) mass is 184 g/mol. The van der Waals surface area contributed by atoms with Crippen molar-refractivity contribution in [3.05, 3.63) is 47.9 Å². The van der Waals surface area contributed by atoms with E-state index >= 15 is 0 Å². The lowest BCUT2D eigenvalue weighted by Gasteiger charge is -2.03. The van der Waals surface area contributed by atoms with Crippen molar-refractivity contribution in [2.75, 3.05) is 0 Å². The van der Waals surface area contributed by atoms with E-state index in [1.807, 2.05) is 19.1 Å². The highest BCUT2D eigenvalue weighted by atomic mass is 14.7. The molecule has 14 heavy (non-hydrogen) atoms.